The Labute approximate surface area is 153 Å². The van der Waals surface area contributed by atoms with E-state index in [2.05, 4.69) is 10.3 Å². The highest BCUT2D eigenvalue weighted by molar-refractivity contribution is 5.58. The van der Waals surface area contributed by atoms with E-state index in [1.165, 1.54) is 6.07 Å². The minimum absolute atomic E-state index is 0.189. The van der Waals surface area contributed by atoms with Crippen LogP contribution in [0.3, 0.4) is 0 Å². The Morgan fingerprint density at radius 1 is 1.37 bits per heavy atom. The molecule has 0 fully saturated rings. The molecule has 1 heterocycles. The first-order valence-corrected chi connectivity index (χ1v) is 8.39. The quantitative estimate of drug-likeness (QED) is 0.602. The summed E-state index contributed by atoms with van der Waals surface area (Å²) < 4.78 is 41.5. The van der Waals surface area contributed by atoms with Crippen LogP contribution in [-0.4, -0.2) is 20.5 Å². The molecule has 0 saturated heterocycles. The Morgan fingerprint density at radius 3 is 2.70 bits per heavy atom. The number of allylic oxidation sites excluding steroid dienone is 1. The number of nitro groups is 1. The third kappa shape index (κ3) is 3.96. The zero-order valence-corrected chi connectivity index (χ0v) is 14.8. The molecule has 0 spiro atoms. The second-order valence-electron chi connectivity index (χ2n) is 7.23. The lowest BCUT2D eigenvalue weighted by atomic mass is 9.75. The van der Waals surface area contributed by atoms with E-state index in [9.17, 15) is 23.3 Å². The SMILES string of the molecule is CC1(C)CCC(n2ccnc2)=CC1Nc1ccc([N+](=O)[O-])c(C(F)(F)F)c1. The highest BCUT2D eigenvalue weighted by Gasteiger charge is 2.39. The van der Waals surface area contributed by atoms with E-state index < -0.39 is 22.4 Å². The van der Waals surface area contributed by atoms with E-state index in [0.29, 0.717) is 0 Å². The van der Waals surface area contributed by atoms with Crippen molar-refractivity contribution in [2.45, 2.75) is 38.9 Å². The van der Waals surface area contributed by atoms with Crippen LogP contribution in [0.4, 0.5) is 24.5 Å². The van der Waals surface area contributed by atoms with Crippen molar-refractivity contribution in [2.75, 3.05) is 5.32 Å². The number of imidazole rings is 1. The molecule has 0 radical (unpaired) electrons. The average molecular weight is 380 g/mol. The second-order valence-corrected chi connectivity index (χ2v) is 7.23. The number of nitrogens with zero attached hydrogens (tertiary/aromatic N) is 3. The van der Waals surface area contributed by atoms with Gasteiger partial charge in [-0.05, 0) is 36.5 Å². The van der Waals surface area contributed by atoms with Crippen LogP contribution in [-0.2, 0) is 6.18 Å². The van der Waals surface area contributed by atoms with Gasteiger partial charge >= 0.3 is 6.18 Å². The molecule has 2 aromatic rings. The van der Waals surface area contributed by atoms with Crippen LogP contribution in [0.1, 0.15) is 32.3 Å². The summed E-state index contributed by atoms with van der Waals surface area (Å²) in [6, 6.07) is 2.75. The molecule has 1 N–H and O–H groups in total. The van der Waals surface area contributed by atoms with Gasteiger partial charge in [0.25, 0.3) is 5.69 Å². The third-order valence-corrected chi connectivity index (χ3v) is 4.88. The number of nitro benzene ring substituents is 1. The van der Waals surface area contributed by atoms with Gasteiger partial charge in [0.1, 0.15) is 5.56 Å². The fraction of sp³-hybridized carbons (Fsp3) is 0.389. The summed E-state index contributed by atoms with van der Waals surface area (Å²) in [6.45, 7) is 4.06. The molecule has 0 saturated carbocycles. The Morgan fingerprint density at radius 2 is 2.11 bits per heavy atom. The van der Waals surface area contributed by atoms with Gasteiger partial charge in [0.15, 0.2) is 0 Å². The highest BCUT2D eigenvalue weighted by atomic mass is 19.4. The predicted octanol–water partition coefficient (Wildman–Crippen LogP) is 4.95. The normalized spacial score (nSPS) is 19.4. The van der Waals surface area contributed by atoms with Crippen LogP contribution >= 0.6 is 0 Å². The molecule has 1 aliphatic rings. The van der Waals surface area contributed by atoms with Crippen molar-refractivity contribution in [3.05, 3.63) is 58.7 Å². The second kappa shape index (κ2) is 6.71. The minimum atomic E-state index is -4.81. The lowest BCUT2D eigenvalue weighted by molar-refractivity contribution is -0.388. The molecule has 0 amide bonds. The number of alkyl halides is 3. The maximum Gasteiger partial charge on any atom is 0.423 e. The molecular formula is C18H19F3N4O2. The Hall–Kier alpha value is -2.84. The van der Waals surface area contributed by atoms with Crippen molar-refractivity contribution in [3.63, 3.8) is 0 Å². The molecule has 1 aliphatic carbocycles. The van der Waals surface area contributed by atoms with Crippen LogP contribution in [0.5, 0.6) is 0 Å². The van der Waals surface area contributed by atoms with E-state index in [0.717, 1.165) is 30.7 Å². The zero-order chi connectivity index (χ0) is 19.8. The van der Waals surface area contributed by atoms with E-state index in [4.69, 9.17) is 0 Å². The van der Waals surface area contributed by atoms with Crippen molar-refractivity contribution in [2.24, 2.45) is 5.41 Å². The zero-order valence-electron chi connectivity index (χ0n) is 14.8. The van der Waals surface area contributed by atoms with Gasteiger partial charge in [-0.3, -0.25) is 10.1 Å². The summed E-state index contributed by atoms with van der Waals surface area (Å²) in [5, 5.41) is 14.0. The van der Waals surface area contributed by atoms with Crippen molar-refractivity contribution in [1.29, 1.82) is 0 Å². The largest absolute Gasteiger partial charge is 0.423 e. The van der Waals surface area contributed by atoms with Crippen molar-refractivity contribution < 1.29 is 18.1 Å². The predicted molar refractivity (Wildman–Crippen MR) is 95.0 cm³/mol. The smallest absolute Gasteiger partial charge is 0.378 e. The summed E-state index contributed by atoms with van der Waals surface area (Å²) in [7, 11) is 0. The number of hydrogen-bond acceptors (Lipinski definition) is 4. The Bertz CT molecular complexity index is 873. The number of halogens is 3. The lowest BCUT2D eigenvalue weighted by Crippen LogP contribution is -2.37. The molecule has 1 aromatic heterocycles. The number of nitrogens with one attached hydrogen (secondary N) is 1. The van der Waals surface area contributed by atoms with Crippen molar-refractivity contribution in [3.8, 4) is 0 Å². The van der Waals surface area contributed by atoms with Crippen LogP contribution in [0.25, 0.3) is 5.70 Å². The molecular weight excluding hydrogens is 361 g/mol. The maximum absolute atomic E-state index is 13.2. The van der Waals surface area contributed by atoms with Crippen LogP contribution in [0.15, 0.2) is 43.0 Å². The summed E-state index contributed by atoms with van der Waals surface area (Å²) in [4.78, 5) is 13.9. The topological polar surface area (TPSA) is 73.0 Å². The number of anilines is 1. The Balaban J connectivity index is 1.95. The van der Waals surface area contributed by atoms with Crippen LogP contribution in [0, 0.1) is 15.5 Å². The van der Waals surface area contributed by atoms with Gasteiger partial charge in [-0.25, -0.2) is 4.98 Å². The van der Waals surface area contributed by atoms with E-state index in [1.54, 1.807) is 12.5 Å². The maximum atomic E-state index is 13.2. The summed E-state index contributed by atoms with van der Waals surface area (Å²) in [6.07, 6.45) is 3.96. The van der Waals surface area contributed by atoms with E-state index in [1.807, 2.05) is 30.7 Å². The molecule has 144 valence electrons. The van der Waals surface area contributed by atoms with E-state index in [-0.39, 0.29) is 17.1 Å². The molecule has 1 unspecified atom stereocenters. The third-order valence-electron chi connectivity index (χ3n) is 4.88. The van der Waals surface area contributed by atoms with Gasteiger partial charge in [-0.15, -0.1) is 0 Å². The Kier molecular flexibility index (Phi) is 4.71. The van der Waals surface area contributed by atoms with Crippen molar-refractivity contribution in [1.82, 2.24) is 9.55 Å². The number of benzene rings is 1. The number of hydrogen-bond donors (Lipinski definition) is 1. The summed E-state index contributed by atoms with van der Waals surface area (Å²) in [5.41, 5.74) is -1.23. The first kappa shape index (κ1) is 18.9. The van der Waals surface area contributed by atoms with Gasteiger partial charge in [0.05, 0.1) is 17.3 Å². The molecule has 0 aliphatic heterocycles. The van der Waals surface area contributed by atoms with Gasteiger partial charge in [0, 0.05) is 29.8 Å². The highest BCUT2D eigenvalue weighted by Crippen LogP contribution is 2.40. The fourth-order valence-corrected chi connectivity index (χ4v) is 3.18. The summed E-state index contributed by atoms with van der Waals surface area (Å²) in [5.74, 6) is 0. The first-order valence-electron chi connectivity index (χ1n) is 8.39. The minimum Gasteiger partial charge on any atom is -0.378 e. The first-order chi connectivity index (χ1) is 12.6. The van der Waals surface area contributed by atoms with Crippen molar-refractivity contribution >= 4 is 17.1 Å². The van der Waals surface area contributed by atoms with Gasteiger partial charge in [0.2, 0.25) is 0 Å². The molecule has 3 rings (SSSR count). The molecule has 6 nitrogen and oxygen atoms in total. The molecule has 0 bridgehead atoms. The summed E-state index contributed by atoms with van der Waals surface area (Å²) >= 11 is 0. The molecule has 1 atom stereocenters. The van der Waals surface area contributed by atoms with Gasteiger partial charge in [-0.2, -0.15) is 13.2 Å². The number of rotatable bonds is 4. The molecule has 1 aromatic carbocycles. The van der Waals surface area contributed by atoms with Crippen LogP contribution in [0.2, 0.25) is 0 Å². The molecule has 9 heteroatoms. The number of aromatic nitrogens is 2. The standard InChI is InChI=1S/C18H19F3N4O2/c1-17(2)6-5-13(24-8-7-22-11-24)10-16(17)23-12-3-4-15(25(26)27)14(9-12)18(19,20)21/h3-4,7-11,16,23H,5-6H2,1-2H3. The fourth-order valence-electron chi connectivity index (χ4n) is 3.18. The average Bonchev–Trinajstić information content (AvgIpc) is 3.10. The van der Waals surface area contributed by atoms with Gasteiger partial charge in [-0.1, -0.05) is 13.8 Å². The lowest BCUT2D eigenvalue weighted by Gasteiger charge is -2.38. The molecule has 27 heavy (non-hydrogen) atoms. The van der Waals surface area contributed by atoms with E-state index >= 15 is 0 Å². The monoisotopic (exact) mass is 380 g/mol. The van der Waals surface area contributed by atoms with Gasteiger partial charge < -0.3 is 9.88 Å². The van der Waals surface area contributed by atoms with Crippen LogP contribution < -0.4 is 5.32 Å².